The molecule has 0 aromatic heterocycles. The summed E-state index contributed by atoms with van der Waals surface area (Å²) in [5, 5.41) is 9.03. The fourth-order valence-corrected chi connectivity index (χ4v) is 4.89. The van der Waals surface area contributed by atoms with E-state index in [1.807, 2.05) is 0 Å². The number of aliphatic carboxylic acids is 1. The fraction of sp³-hybridized carbons (Fsp3) is 0.833. The van der Waals surface area contributed by atoms with Crippen molar-refractivity contribution in [3.8, 4) is 0 Å². The predicted molar refractivity (Wildman–Crippen MR) is 60.8 cm³/mol. The molecule has 0 spiro atoms. The zero-order chi connectivity index (χ0) is 10.6. The van der Waals surface area contributed by atoms with Gasteiger partial charge in [0, 0.05) is 10.3 Å². The van der Waals surface area contributed by atoms with E-state index in [-0.39, 0.29) is 11.8 Å². The molecule has 82 valence electrons. The number of carboxylic acids is 1. The molecule has 0 aliphatic heterocycles. The first-order valence-electron chi connectivity index (χ1n) is 5.85. The normalized spacial score (nSPS) is 47.2. The molecule has 0 aromatic rings. The Kier molecular flexibility index (Phi) is 1.97. The number of hydrogen-bond donors (Lipinski definition) is 1. The van der Waals surface area contributed by atoms with Crippen LogP contribution in [0.1, 0.15) is 38.5 Å². The highest BCUT2D eigenvalue weighted by Crippen LogP contribution is 2.59. The summed E-state index contributed by atoms with van der Waals surface area (Å²) in [6.07, 6.45) is 6.24. The minimum atomic E-state index is -0.667. The van der Waals surface area contributed by atoms with E-state index < -0.39 is 5.97 Å². The van der Waals surface area contributed by atoms with E-state index in [9.17, 15) is 4.79 Å². The van der Waals surface area contributed by atoms with Crippen LogP contribution < -0.4 is 0 Å². The Bertz CT molecular complexity index is 323. The van der Waals surface area contributed by atoms with Crippen LogP contribution in [0.5, 0.6) is 0 Å². The minimum Gasteiger partial charge on any atom is -0.481 e. The Labute approximate surface area is 95.1 Å². The maximum Gasteiger partial charge on any atom is 0.304 e. The molecule has 4 aliphatic rings. The van der Waals surface area contributed by atoms with Crippen molar-refractivity contribution in [2.24, 2.45) is 23.2 Å². The lowest BCUT2D eigenvalue weighted by molar-refractivity contribution is -0.140. The minimum absolute atomic E-state index is 0.0874. The Hall–Kier alpha value is -0.440. The van der Waals surface area contributed by atoms with Crippen LogP contribution in [-0.2, 0) is 4.79 Å². The van der Waals surface area contributed by atoms with Crippen LogP contribution in [0, 0.1) is 23.2 Å². The Morgan fingerprint density at radius 3 is 2.47 bits per heavy atom. The summed E-state index contributed by atoms with van der Waals surface area (Å²) in [6, 6.07) is 0. The van der Waals surface area contributed by atoms with Gasteiger partial charge in [0.1, 0.15) is 0 Å². The third-order valence-electron chi connectivity index (χ3n) is 4.64. The van der Waals surface area contributed by atoms with Gasteiger partial charge in [0.15, 0.2) is 0 Å². The molecule has 2 unspecified atom stereocenters. The van der Waals surface area contributed by atoms with Gasteiger partial charge in [0.2, 0.25) is 0 Å². The molecule has 3 heteroatoms. The zero-order valence-electron chi connectivity index (χ0n) is 8.74. The molecule has 4 bridgehead atoms. The predicted octanol–water partition coefficient (Wildman–Crippen LogP) is 2.66. The summed E-state index contributed by atoms with van der Waals surface area (Å²) in [5.74, 6) is 1.45. The molecule has 0 saturated heterocycles. The third-order valence-corrected chi connectivity index (χ3v) is 5.41. The van der Waals surface area contributed by atoms with Crippen LogP contribution in [0.25, 0.3) is 0 Å². The van der Waals surface area contributed by atoms with E-state index in [0.29, 0.717) is 5.92 Å². The van der Waals surface area contributed by atoms with Crippen LogP contribution in [0.15, 0.2) is 0 Å². The molecule has 1 N–H and O–H groups in total. The van der Waals surface area contributed by atoms with E-state index >= 15 is 0 Å². The molecule has 4 saturated carbocycles. The Morgan fingerprint density at radius 1 is 1.33 bits per heavy atom. The van der Waals surface area contributed by atoms with Crippen LogP contribution in [-0.4, -0.2) is 15.9 Å². The molecule has 4 rings (SSSR count). The molecule has 15 heavy (non-hydrogen) atoms. The van der Waals surface area contributed by atoms with Crippen LogP contribution in [0.2, 0.25) is 0 Å². The van der Waals surface area contributed by atoms with Crippen molar-refractivity contribution < 1.29 is 9.90 Å². The molecule has 0 radical (unpaired) electrons. The van der Waals surface area contributed by atoms with Crippen molar-refractivity contribution in [3.05, 3.63) is 0 Å². The van der Waals surface area contributed by atoms with Gasteiger partial charge in [-0.1, -0.05) is 12.2 Å². The molecule has 4 fully saturated rings. The standard InChI is InChI=1S/C12H16O2S/c13-10(14)6-12-4-7-1-8(5-12)3-9(2-7)11(12)15/h7-9H,1-6H2,(H,13,14). The quantitative estimate of drug-likeness (QED) is 0.733. The van der Waals surface area contributed by atoms with E-state index in [4.69, 9.17) is 17.3 Å². The lowest BCUT2D eigenvalue weighted by Gasteiger charge is -2.56. The van der Waals surface area contributed by atoms with Crippen molar-refractivity contribution in [2.45, 2.75) is 38.5 Å². The second-order valence-electron chi connectivity index (χ2n) is 5.76. The summed E-state index contributed by atoms with van der Waals surface area (Å²) in [6.45, 7) is 0. The van der Waals surface area contributed by atoms with E-state index in [1.165, 1.54) is 19.3 Å². The summed E-state index contributed by atoms with van der Waals surface area (Å²) >= 11 is 5.54. The SMILES string of the molecule is O=C(O)CC12CC3CC(CC(C3)C1=S)C2. The number of carboxylic acid groups (broad SMARTS) is 1. The van der Waals surface area contributed by atoms with Crippen LogP contribution in [0.3, 0.4) is 0 Å². The number of carbonyl (C=O) groups is 1. The largest absolute Gasteiger partial charge is 0.481 e. The molecule has 0 heterocycles. The van der Waals surface area contributed by atoms with Crippen molar-refractivity contribution in [2.75, 3.05) is 0 Å². The highest BCUT2D eigenvalue weighted by Gasteiger charge is 2.54. The van der Waals surface area contributed by atoms with Gasteiger partial charge in [-0.3, -0.25) is 4.79 Å². The molecule has 2 atom stereocenters. The van der Waals surface area contributed by atoms with Gasteiger partial charge in [0.05, 0.1) is 6.42 Å². The van der Waals surface area contributed by atoms with Crippen LogP contribution >= 0.6 is 12.2 Å². The van der Waals surface area contributed by atoms with E-state index in [0.717, 1.165) is 29.5 Å². The Morgan fingerprint density at radius 2 is 1.93 bits per heavy atom. The van der Waals surface area contributed by atoms with E-state index in [2.05, 4.69) is 0 Å². The van der Waals surface area contributed by atoms with Gasteiger partial charge in [0.25, 0.3) is 0 Å². The van der Waals surface area contributed by atoms with Crippen molar-refractivity contribution in [1.82, 2.24) is 0 Å². The smallest absolute Gasteiger partial charge is 0.304 e. The van der Waals surface area contributed by atoms with Crippen molar-refractivity contribution in [1.29, 1.82) is 0 Å². The first-order valence-corrected chi connectivity index (χ1v) is 6.26. The van der Waals surface area contributed by atoms with Gasteiger partial charge in [-0.05, 0) is 49.9 Å². The number of hydrogen-bond acceptors (Lipinski definition) is 2. The molecule has 0 amide bonds. The molecular weight excluding hydrogens is 208 g/mol. The summed E-state index contributed by atoms with van der Waals surface area (Å²) < 4.78 is 0. The Balaban J connectivity index is 1.94. The monoisotopic (exact) mass is 224 g/mol. The second kappa shape index (κ2) is 3.03. The fourth-order valence-electron chi connectivity index (χ4n) is 4.46. The summed E-state index contributed by atoms with van der Waals surface area (Å²) in [4.78, 5) is 12.1. The van der Waals surface area contributed by atoms with Gasteiger partial charge < -0.3 is 5.11 Å². The number of thiocarbonyl (C=S) groups is 1. The second-order valence-corrected chi connectivity index (χ2v) is 6.20. The lowest BCUT2D eigenvalue weighted by atomic mass is 9.48. The first kappa shape index (κ1) is 9.76. The maximum atomic E-state index is 11.0. The molecule has 4 aliphatic carbocycles. The molecule has 2 nitrogen and oxygen atoms in total. The van der Waals surface area contributed by atoms with Gasteiger partial charge in [-0.2, -0.15) is 0 Å². The molecule has 0 aromatic carbocycles. The van der Waals surface area contributed by atoms with E-state index in [1.54, 1.807) is 0 Å². The highest BCUT2D eigenvalue weighted by atomic mass is 32.1. The number of rotatable bonds is 2. The lowest BCUT2D eigenvalue weighted by Crippen LogP contribution is -2.53. The van der Waals surface area contributed by atoms with Crippen molar-refractivity contribution >= 4 is 23.1 Å². The van der Waals surface area contributed by atoms with Gasteiger partial charge in [-0.25, -0.2) is 0 Å². The maximum absolute atomic E-state index is 11.0. The average molecular weight is 224 g/mol. The van der Waals surface area contributed by atoms with Gasteiger partial charge in [-0.15, -0.1) is 0 Å². The molecular formula is C12H16O2S. The summed E-state index contributed by atoms with van der Waals surface area (Å²) in [7, 11) is 0. The topological polar surface area (TPSA) is 37.3 Å². The third kappa shape index (κ3) is 1.36. The zero-order valence-corrected chi connectivity index (χ0v) is 9.55. The summed E-state index contributed by atoms with van der Waals surface area (Å²) in [5.41, 5.74) is -0.0874. The van der Waals surface area contributed by atoms with Gasteiger partial charge >= 0.3 is 5.97 Å². The average Bonchev–Trinajstić information content (AvgIpc) is 2.11. The van der Waals surface area contributed by atoms with Crippen molar-refractivity contribution in [3.63, 3.8) is 0 Å². The van der Waals surface area contributed by atoms with Crippen LogP contribution in [0.4, 0.5) is 0 Å². The highest BCUT2D eigenvalue weighted by molar-refractivity contribution is 7.80. The first-order chi connectivity index (χ1) is 7.09.